The molecule has 0 radical (unpaired) electrons. The van der Waals surface area contributed by atoms with Gasteiger partial charge in [-0.3, -0.25) is 4.79 Å². The third kappa shape index (κ3) is 3.23. The molecular weight excluding hydrogens is 258 g/mol. The topological polar surface area (TPSA) is 85.8 Å². The number of nitrogens with one attached hydrogen (secondary N) is 1. The van der Waals surface area contributed by atoms with Gasteiger partial charge in [-0.2, -0.15) is 4.98 Å². The van der Waals surface area contributed by atoms with E-state index in [1.807, 2.05) is 0 Å². The molecule has 0 aromatic carbocycles. The van der Waals surface area contributed by atoms with Crippen molar-refractivity contribution in [2.75, 3.05) is 0 Å². The van der Waals surface area contributed by atoms with Crippen LogP contribution in [0, 0.1) is 12.8 Å². The first-order valence-corrected chi connectivity index (χ1v) is 6.55. The molecule has 7 nitrogen and oxygen atoms in total. The Hall–Kier alpha value is -2.18. The Morgan fingerprint density at radius 3 is 2.85 bits per heavy atom. The third-order valence-electron chi connectivity index (χ3n) is 2.84. The van der Waals surface area contributed by atoms with Gasteiger partial charge in [-0.25, -0.2) is 4.98 Å². The van der Waals surface area contributed by atoms with Crippen molar-refractivity contribution in [2.45, 2.75) is 33.7 Å². The summed E-state index contributed by atoms with van der Waals surface area (Å²) in [5, 5.41) is 6.61. The van der Waals surface area contributed by atoms with E-state index in [1.54, 1.807) is 24.9 Å². The normalized spacial score (nSPS) is 11.1. The van der Waals surface area contributed by atoms with Crippen LogP contribution in [0.1, 0.15) is 41.7 Å². The van der Waals surface area contributed by atoms with Gasteiger partial charge < -0.3 is 14.4 Å². The first-order valence-electron chi connectivity index (χ1n) is 6.55. The molecule has 2 aromatic rings. The number of rotatable bonds is 5. The van der Waals surface area contributed by atoms with Crippen molar-refractivity contribution in [1.29, 1.82) is 0 Å². The summed E-state index contributed by atoms with van der Waals surface area (Å²) in [5.74, 6) is 1.34. The van der Waals surface area contributed by atoms with Gasteiger partial charge in [0.25, 0.3) is 5.91 Å². The summed E-state index contributed by atoms with van der Waals surface area (Å²) in [6, 6.07) is 0. The molecule has 0 atom stereocenters. The molecule has 0 aliphatic heterocycles. The monoisotopic (exact) mass is 277 g/mol. The number of aryl methyl sites for hydroxylation is 2. The molecule has 108 valence electrons. The maximum Gasteiger partial charge on any atom is 0.270 e. The van der Waals surface area contributed by atoms with Gasteiger partial charge in [0.2, 0.25) is 5.89 Å². The minimum atomic E-state index is -0.197. The lowest BCUT2D eigenvalue weighted by Crippen LogP contribution is -2.26. The van der Waals surface area contributed by atoms with Gasteiger partial charge in [0.15, 0.2) is 5.82 Å². The van der Waals surface area contributed by atoms with Gasteiger partial charge in [-0.05, 0) is 12.8 Å². The van der Waals surface area contributed by atoms with Crippen molar-refractivity contribution >= 4 is 5.91 Å². The molecule has 2 aromatic heterocycles. The molecule has 0 aliphatic carbocycles. The molecule has 1 amide bonds. The fraction of sp³-hybridized carbons (Fsp3) is 0.538. The molecule has 2 rings (SSSR count). The zero-order valence-electron chi connectivity index (χ0n) is 12.2. The predicted molar refractivity (Wildman–Crippen MR) is 72.0 cm³/mol. The van der Waals surface area contributed by atoms with Gasteiger partial charge in [0.05, 0.1) is 18.6 Å². The summed E-state index contributed by atoms with van der Waals surface area (Å²) >= 11 is 0. The molecule has 0 saturated carbocycles. The van der Waals surface area contributed by atoms with Crippen LogP contribution < -0.4 is 5.32 Å². The van der Waals surface area contributed by atoms with Crippen LogP contribution in [0.5, 0.6) is 0 Å². The summed E-state index contributed by atoms with van der Waals surface area (Å²) in [6.07, 6.45) is 2.35. The SMILES string of the molecule is Cc1ncn(C)c1C(=O)NCc1noc(CC(C)C)n1. The van der Waals surface area contributed by atoms with E-state index in [-0.39, 0.29) is 12.5 Å². The lowest BCUT2D eigenvalue weighted by Gasteiger charge is -2.04. The summed E-state index contributed by atoms with van der Waals surface area (Å²) < 4.78 is 6.80. The number of amides is 1. The smallest absolute Gasteiger partial charge is 0.270 e. The average Bonchev–Trinajstić information content (AvgIpc) is 2.93. The Morgan fingerprint density at radius 2 is 2.25 bits per heavy atom. The Kier molecular flexibility index (Phi) is 4.16. The molecule has 1 N–H and O–H groups in total. The van der Waals surface area contributed by atoms with E-state index >= 15 is 0 Å². The van der Waals surface area contributed by atoms with Gasteiger partial charge in [-0.15, -0.1) is 0 Å². The van der Waals surface area contributed by atoms with Crippen LogP contribution >= 0.6 is 0 Å². The van der Waals surface area contributed by atoms with E-state index in [1.165, 1.54) is 0 Å². The first kappa shape index (κ1) is 14.2. The third-order valence-corrected chi connectivity index (χ3v) is 2.84. The Morgan fingerprint density at radius 1 is 1.50 bits per heavy atom. The molecule has 0 bridgehead atoms. The van der Waals surface area contributed by atoms with E-state index in [4.69, 9.17) is 4.52 Å². The van der Waals surface area contributed by atoms with Crippen molar-refractivity contribution in [3.05, 3.63) is 29.4 Å². The number of hydrogen-bond acceptors (Lipinski definition) is 5. The quantitative estimate of drug-likeness (QED) is 0.888. The van der Waals surface area contributed by atoms with Gasteiger partial charge in [0.1, 0.15) is 5.69 Å². The van der Waals surface area contributed by atoms with Crippen LogP contribution in [0.3, 0.4) is 0 Å². The molecule has 0 saturated heterocycles. The summed E-state index contributed by atoms with van der Waals surface area (Å²) in [4.78, 5) is 20.4. The molecule has 20 heavy (non-hydrogen) atoms. The van der Waals surface area contributed by atoms with E-state index in [9.17, 15) is 4.79 Å². The molecule has 0 unspecified atom stereocenters. The summed E-state index contributed by atoms with van der Waals surface area (Å²) in [5.41, 5.74) is 1.23. The summed E-state index contributed by atoms with van der Waals surface area (Å²) in [7, 11) is 1.78. The maximum atomic E-state index is 12.0. The molecule has 0 fully saturated rings. The van der Waals surface area contributed by atoms with Crippen molar-refractivity contribution in [3.8, 4) is 0 Å². The van der Waals surface area contributed by atoms with Crippen LogP contribution in [-0.4, -0.2) is 25.6 Å². The zero-order chi connectivity index (χ0) is 14.7. The van der Waals surface area contributed by atoms with E-state index in [0.29, 0.717) is 29.0 Å². The molecule has 2 heterocycles. The van der Waals surface area contributed by atoms with Crippen LogP contribution in [0.4, 0.5) is 0 Å². The van der Waals surface area contributed by atoms with Crippen LogP contribution in [0.25, 0.3) is 0 Å². The highest BCUT2D eigenvalue weighted by molar-refractivity contribution is 5.93. The fourth-order valence-corrected chi connectivity index (χ4v) is 1.91. The average molecular weight is 277 g/mol. The van der Waals surface area contributed by atoms with E-state index in [0.717, 1.165) is 6.42 Å². The van der Waals surface area contributed by atoms with Crippen molar-refractivity contribution < 1.29 is 9.32 Å². The standard InChI is InChI=1S/C13H19N5O2/c1-8(2)5-11-16-10(17-20-11)6-14-13(19)12-9(3)15-7-18(12)4/h7-8H,5-6H2,1-4H3,(H,14,19). The number of carbonyl (C=O) groups excluding carboxylic acids is 1. The number of nitrogens with zero attached hydrogens (tertiary/aromatic N) is 4. The molecular formula is C13H19N5O2. The highest BCUT2D eigenvalue weighted by Gasteiger charge is 2.15. The first-order chi connectivity index (χ1) is 9.47. The Bertz CT molecular complexity index is 580. The predicted octanol–water partition coefficient (Wildman–Crippen LogP) is 1.24. The second kappa shape index (κ2) is 5.85. The largest absolute Gasteiger partial charge is 0.343 e. The van der Waals surface area contributed by atoms with Gasteiger partial charge >= 0.3 is 0 Å². The Balaban J connectivity index is 1.95. The number of imidazole rings is 1. The zero-order valence-corrected chi connectivity index (χ0v) is 12.2. The minimum Gasteiger partial charge on any atom is -0.343 e. The second-order valence-electron chi connectivity index (χ2n) is 5.17. The van der Waals surface area contributed by atoms with E-state index in [2.05, 4.69) is 34.3 Å². The fourth-order valence-electron chi connectivity index (χ4n) is 1.91. The van der Waals surface area contributed by atoms with Crippen molar-refractivity contribution in [1.82, 2.24) is 25.0 Å². The van der Waals surface area contributed by atoms with Crippen molar-refractivity contribution in [2.24, 2.45) is 13.0 Å². The van der Waals surface area contributed by atoms with Crippen LogP contribution in [0.2, 0.25) is 0 Å². The Labute approximate surface area is 117 Å². The maximum absolute atomic E-state index is 12.0. The van der Waals surface area contributed by atoms with Gasteiger partial charge in [-0.1, -0.05) is 19.0 Å². The highest BCUT2D eigenvalue weighted by atomic mass is 16.5. The number of aromatic nitrogens is 4. The van der Waals surface area contributed by atoms with Crippen LogP contribution in [-0.2, 0) is 20.0 Å². The lowest BCUT2D eigenvalue weighted by atomic mass is 10.1. The lowest BCUT2D eigenvalue weighted by molar-refractivity contribution is 0.0941. The molecule has 0 aliphatic rings. The minimum absolute atomic E-state index is 0.197. The summed E-state index contributed by atoms with van der Waals surface area (Å²) in [6.45, 7) is 6.20. The van der Waals surface area contributed by atoms with Gasteiger partial charge in [0, 0.05) is 13.5 Å². The highest BCUT2D eigenvalue weighted by Crippen LogP contribution is 2.07. The van der Waals surface area contributed by atoms with Crippen LogP contribution in [0.15, 0.2) is 10.9 Å². The second-order valence-corrected chi connectivity index (χ2v) is 5.17. The molecule has 7 heteroatoms. The van der Waals surface area contributed by atoms with Crippen molar-refractivity contribution in [3.63, 3.8) is 0 Å². The number of hydrogen-bond donors (Lipinski definition) is 1. The molecule has 0 spiro atoms. The van der Waals surface area contributed by atoms with E-state index < -0.39 is 0 Å². The number of carbonyl (C=O) groups is 1.